The van der Waals surface area contributed by atoms with Gasteiger partial charge in [-0.1, -0.05) is 25.4 Å². The van der Waals surface area contributed by atoms with Crippen molar-refractivity contribution in [3.05, 3.63) is 22.2 Å². The van der Waals surface area contributed by atoms with Crippen molar-refractivity contribution in [2.24, 2.45) is 5.92 Å². The van der Waals surface area contributed by atoms with Gasteiger partial charge in [0.1, 0.15) is 102 Å². The number of benzene rings is 1. The van der Waals surface area contributed by atoms with E-state index < -0.39 is 229 Å². The normalized spacial score (nSPS) is 48.5. The van der Waals surface area contributed by atoms with E-state index in [0.717, 1.165) is 0 Å². The van der Waals surface area contributed by atoms with Crippen LogP contribution in [0.1, 0.15) is 97.5 Å². The van der Waals surface area contributed by atoms with Crippen LogP contribution < -0.4 is 0 Å². The lowest BCUT2D eigenvalue weighted by atomic mass is 9.81. The van der Waals surface area contributed by atoms with Crippen LogP contribution in [0.4, 0.5) is 0 Å². The molecule has 1 aromatic carbocycles. The summed E-state index contributed by atoms with van der Waals surface area (Å²) in [6.07, 6.45) is -34.6. The number of hydrogen-bond acceptors (Lipinski definition) is 32. The highest BCUT2D eigenvalue weighted by atomic mass is 35.5. The van der Waals surface area contributed by atoms with Crippen molar-refractivity contribution in [3.63, 3.8) is 0 Å². The molecular weight excluding hydrogens is 1260 g/mol. The molecule has 10 heterocycles. The number of rotatable bonds is 16. The Labute approximate surface area is 533 Å². The molecule has 33 heteroatoms. The lowest BCUT2D eigenvalue weighted by Crippen LogP contribution is -2.72. The smallest absolute Gasteiger partial charge is 0.342 e. The number of aryl methyl sites for hydroxylation is 1. The maximum atomic E-state index is 13.4. The number of hydrogen-bond donors (Lipinski definition) is 8. The van der Waals surface area contributed by atoms with Gasteiger partial charge in [0.05, 0.1) is 68.3 Å². The van der Waals surface area contributed by atoms with E-state index in [1.165, 1.54) is 41.1 Å². The number of aliphatic hydroxyl groups excluding tert-OH is 5. The zero-order valence-corrected chi connectivity index (χ0v) is 53.5. The molecule has 8 N–H and O–H groups in total. The average molecular weight is 1340 g/mol. The van der Waals surface area contributed by atoms with Gasteiger partial charge in [0.25, 0.3) is 5.97 Å². The number of aliphatic hydroxyl groups is 6. The maximum Gasteiger partial charge on any atom is 0.342 e. The summed E-state index contributed by atoms with van der Waals surface area (Å²) in [5.74, 6) is -8.06. The van der Waals surface area contributed by atoms with Crippen LogP contribution in [0.25, 0.3) is 0 Å². The molecule has 92 heavy (non-hydrogen) atoms. The van der Waals surface area contributed by atoms with E-state index in [-0.39, 0.29) is 50.4 Å². The number of carbonyl (C=O) groups excluding carboxylic acids is 3. The third-order valence-electron chi connectivity index (χ3n) is 18.8. The second kappa shape index (κ2) is 26.9. The molecule has 2 spiro atoms. The molecule has 0 aliphatic carbocycles. The maximum absolute atomic E-state index is 13.4. The fourth-order valence-corrected chi connectivity index (χ4v) is 14.3. The van der Waals surface area contributed by atoms with Gasteiger partial charge in [-0.05, 0) is 67.0 Å². The number of Topliss-reactive ketones (excluding diaryl/α,β-unsaturated/α-hetero) is 1. The first-order valence-electron chi connectivity index (χ1n) is 30.8. The molecule has 32 nitrogen and oxygen atoms in total. The number of phenols is 2. The van der Waals surface area contributed by atoms with Crippen molar-refractivity contribution in [3.8, 4) is 11.5 Å². The Morgan fingerprint density at radius 3 is 2.04 bits per heavy atom. The fourth-order valence-electron chi connectivity index (χ4n) is 14.1. The topological polar surface area (TPSA) is 407 Å². The first-order valence-corrected chi connectivity index (χ1v) is 31.2. The van der Waals surface area contributed by atoms with Crippen molar-refractivity contribution in [2.45, 2.75) is 277 Å². The van der Waals surface area contributed by atoms with E-state index in [0.29, 0.717) is 0 Å². The van der Waals surface area contributed by atoms with E-state index in [1.54, 1.807) is 48.5 Å². The molecule has 0 radical (unpaired) electrons. The number of phenolic OH excluding ortho intramolecular Hbond substituents is 2. The van der Waals surface area contributed by atoms with Crippen molar-refractivity contribution in [1.29, 1.82) is 0 Å². The third-order valence-corrected chi connectivity index (χ3v) is 19.2. The molecule has 520 valence electrons. The number of aromatic hydroxyl groups is 2. The minimum atomic E-state index is -2.14. The second-order valence-corrected chi connectivity index (χ2v) is 26.1. The van der Waals surface area contributed by atoms with Crippen molar-refractivity contribution in [1.82, 2.24) is 0 Å². The molecule has 0 aromatic heterocycles. The summed E-state index contributed by atoms with van der Waals surface area (Å²) in [7, 11) is 2.75. The highest BCUT2D eigenvalue weighted by Crippen LogP contribution is 2.53. The van der Waals surface area contributed by atoms with Crippen LogP contribution in [-0.2, 0) is 109 Å². The van der Waals surface area contributed by atoms with Crippen LogP contribution in [0.5, 0.6) is 11.5 Å². The average Bonchev–Trinajstić information content (AvgIpc) is 1.53. The van der Waals surface area contributed by atoms with E-state index >= 15 is 0 Å². The number of ether oxygens (including phenoxy) is 21. The summed E-state index contributed by atoms with van der Waals surface area (Å²) in [5.41, 5.74) is -3.47. The largest absolute Gasteiger partial charge is 0.506 e. The molecule has 10 saturated heterocycles. The summed E-state index contributed by atoms with van der Waals surface area (Å²) in [6, 6.07) is 1.19. The Balaban J connectivity index is 0.716. The highest BCUT2D eigenvalue weighted by molar-refractivity contribution is 6.34. The molecule has 1 aromatic rings. The third kappa shape index (κ3) is 12.7. The number of halogens is 1. The van der Waals surface area contributed by atoms with Crippen LogP contribution in [-0.4, -0.2) is 282 Å². The standard InChI is InChI=1S/C59H85ClO32/c1-20(2)51(69)84-47-45-32(89-59(90-45)50-49(75-19-76-50)58(71,26(8)61)27(9)88-59)18-74-55(47)86-53-39(67)38(66)44(31(80-53)17-72-11)85-54-40(68)46(43(73-12)23(5)79-54)82-34-16-56(10)48(25(7)78-34)91-57(92-56)15-30(64)42(24(6)87-57)81-33-14-29(63)41(22(4)77-33)83-52(70)35-21(3)13-28(62)36(60)37(35)65/h13,20,22-25,27,29-34,38-50,53-55,62-68,71H,14-19H2,1-12H3/t22-,23-,24-,25-,27-,29-,30-,31-,32+,33+,34+,38-,39+,40-,41-,42-,43+,44-,45-,46-,47-,48-,49-,50-,53+,54+,55-,56-,57?,58+,59-/m1/s1. The number of ketones is 1. The molecule has 0 bridgehead atoms. The van der Waals surface area contributed by atoms with E-state index in [9.17, 15) is 55.2 Å². The van der Waals surface area contributed by atoms with Gasteiger partial charge in [-0.25, -0.2) is 4.79 Å². The van der Waals surface area contributed by atoms with Gasteiger partial charge in [0, 0.05) is 27.1 Å². The van der Waals surface area contributed by atoms with Crippen molar-refractivity contribution >= 4 is 29.3 Å². The van der Waals surface area contributed by atoms with Crippen LogP contribution in [0.2, 0.25) is 5.02 Å². The summed E-state index contributed by atoms with van der Waals surface area (Å²) >= 11 is 5.97. The van der Waals surface area contributed by atoms with E-state index in [2.05, 4.69) is 0 Å². The van der Waals surface area contributed by atoms with Crippen LogP contribution in [0.15, 0.2) is 6.07 Å². The molecule has 1 unspecified atom stereocenters. The zero-order valence-electron chi connectivity index (χ0n) is 52.7. The monoisotopic (exact) mass is 1340 g/mol. The van der Waals surface area contributed by atoms with E-state index in [4.69, 9.17) is 111 Å². The lowest BCUT2D eigenvalue weighted by molar-refractivity contribution is -0.428. The number of fused-ring (bicyclic) bond motifs is 4. The lowest BCUT2D eigenvalue weighted by Gasteiger charge is -2.49. The molecule has 31 atom stereocenters. The Morgan fingerprint density at radius 2 is 1.37 bits per heavy atom. The Kier molecular flexibility index (Phi) is 20.5. The predicted octanol–water partition coefficient (Wildman–Crippen LogP) is -0.558. The van der Waals surface area contributed by atoms with Gasteiger partial charge >= 0.3 is 17.9 Å². The number of methoxy groups -OCH3 is 2. The first kappa shape index (κ1) is 70.1. The van der Waals surface area contributed by atoms with Crippen molar-refractivity contribution < 1.29 is 155 Å². The van der Waals surface area contributed by atoms with Crippen molar-refractivity contribution in [2.75, 3.05) is 34.2 Å². The predicted molar refractivity (Wildman–Crippen MR) is 298 cm³/mol. The van der Waals surface area contributed by atoms with Crippen LogP contribution in [0, 0.1) is 12.8 Å². The molecule has 11 rings (SSSR count). The van der Waals surface area contributed by atoms with E-state index in [1.807, 2.05) is 0 Å². The summed E-state index contributed by atoms with van der Waals surface area (Å²) in [4.78, 5) is 39.4. The SMILES string of the molecule is COC[C@H]1O[C@@H](O[C@H]2OC[C@@H]3O[C@]4(O[C@H]3[C@H]2OC(=O)C(C)C)O[C@H](C)[C@@](O)(C(C)=O)[C@@H]2OCO[C@H]24)[C@@H](O)[C@@H](O)[C@@H]1O[C@@H]1O[C@H](C)[C@H](OC)[C@H](O[C@H]2C[C@@]3(C)OC4(C[C@@H](O)[C@H](O[C@H]5C[C@@H](O)[C@H](OC(=O)c6c(C)cc(O)c(Cl)c6O)[C@@H](C)O5)[C@@H](C)O4)O[C@@H]3[C@@H](C)O2)[C@H]1O. The van der Waals surface area contributed by atoms with Gasteiger partial charge in [-0.15, -0.1) is 0 Å². The summed E-state index contributed by atoms with van der Waals surface area (Å²) < 4.78 is 129. The second-order valence-electron chi connectivity index (χ2n) is 25.8. The minimum absolute atomic E-state index is 0.0144. The molecular formula is C59H85ClO32. The van der Waals surface area contributed by atoms with Gasteiger partial charge < -0.3 is 140 Å². The first-order chi connectivity index (χ1) is 43.4. The molecule has 0 amide bonds. The molecule has 10 aliphatic heterocycles. The highest BCUT2D eigenvalue weighted by Gasteiger charge is 2.73. The molecule has 0 saturated carbocycles. The minimum Gasteiger partial charge on any atom is -0.506 e. The van der Waals surface area contributed by atoms with Gasteiger partial charge in [-0.3, -0.25) is 9.59 Å². The van der Waals surface area contributed by atoms with Gasteiger partial charge in [0.15, 0.2) is 60.6 Å². The Bertz CT molecular complexity index is 2800. The van der Waals surface area contributed by atoms with Gasteiger partial charge in [0.2, 0.25) is 6.29 Å². The fraction of sp³-hybridized carbons (Fsp3) is 0.847. The number of carbonyl (C=O) groups is 3. The van der Waals surface area contributed by atoms with Crippen LogP contribution in [0.3, 0.4) is 0 Å². The van der Waals surface area contributed by atoms with Crippen LogP contribution >= 0.6 is 11.6 Å². The Morgan fingerprint density at radius 1 is 0.685 bits per heavy atom. The zero-order chi connectivity index (χ0) is 66.6. The molecule has 10 fully saturated rings. The van der Waals surface area contributed by atoms with Gasteiger partial charge in [-0.2, -0.15) is 0 Å². The summed E-state index contributed by atoms with van der Waals surface area (Å²) in [6.45, 7) is 14.7. The quantitative estimate of drug-likeness (QED) is 0.0962. The summed E-state index contributed by atoms with van der Waals surface area (Å²) in [5, 5.41) is 90.4. The Hall–Kier alpha value is -3.28. The molecule has 10 aliphatic rings. The number of esters is 2.